The summed E-state index contributed by atoms with van der Waals surface area (Å²) in [4.78, 5) is 29.6. The van der Waals surface area contributed by atoms with Gasteiger partial charge < -0.3 is 9.88 Å². The van der Waals surface area contributed by atoms with Gasteiger partial charge in [-0.3, -0.25) is 19.4 Å². The minimum atomic E-state index is -0.388. The van der Waals surface area contributed by atoms with Crippen LogP contribution in [0.15, 0.2) is 29.2 Å². The van der Waals surface area contributed by atoms with Crippen LogP contribution in [-0.4, -0.2) is 26.9 Å². The first-order chi connectivity index (χ1) is 11.5. The second kappa shape index (κ2) is 5.92. The van der Waals surface area contributed by atoms with E-state index in [2.05, 4.69) is 10.3 Å². The number of aromatic nitrogens is 3. The molecule has 0 aliphatic rings. The molecular weight excluding hydrogens is 306 g/mol. The number of hydrogen-bond donors (Lipinski definition) is 2. The molecule has 0 aliphatic heterocycles. The van der Waals surface area contributed by atoms with Gasteiger partial charge in [-0.25, -0.2) is 4.98 Å². The molecule has 3 rings (SSSR count). The Morgan fingerprint density at radius 1 is 1.38 bits per heavy atom. The van der Waals surface area contributed by atoms with E-state index >= 15 is 0 Å². The zero-order valence-corrected chi connectivity index (χ0v) is 13.9. The number of carbonyl (C=O) groups is 1. The molecule has 7 nitrogen and oxygen atoms in total. The summed E-state index contributed by atoms with van der Waals surface area (Å²) in [6, 6.07) is 5.14. The number of rotatable bonds is 3. The molecule has 24 heavy (non-hydrogen) atoms. The Bertz CT molecular complexity index is 1080. The second-order valence-electron chi connectivity index (χ2n) is 5.68. The van der Waals surface area contributed by atoms with E-state index in [1.165, 1.54) is 17.5 Å². The Kier molecular flexibility index (Phi) is 3.92. The van der Waals surface area contributed by atoms with Gasteiger partial charge in [0.25, 0.3) is 11.5 Å². The maximum atomic E-state index is 12.9. The summed E-state index contributed by atoms with van der Waals surface area (Å²) in [5.74, 6) is -0.388. The summed E-state index contributed by atoms with van der Waals surface area (Å²) in [7, 11) is 1.50. The Hall–Kier alpha value is -2.96. The normalized spacial score (nSPS) is 11.1. The number of pyridine rings is 2. The molecule has 124 valence electrons. The largest absolute Gasteiger partial charge is 0.355 e. The SMILES string of the molecule is CCCn1c(=N)c(C(=O)NC)cc2c(=O)n3cccc(C)c3nc21. The van der Waals surface area contributed by atoms with E-state index in [0.717, 1.165) is 12.0 Å². The van der Waals surface area contributed by atoms with Crippen LogP contribution < -0.4 is 16.4 Å². The van der Waals surface area contributed by atoms with Gasteiger partial charge in [0.2, 0.25) is 0 Å². The predicted octanol–water partition coefficient (Wildman–Crippen LogP) is 1.21. The van der Waals surface area contributed by atoms with Gasteiger partial charge in [0, 0.05) is 19.8 Å². The van der Waals surface area contributed by atoms with E-state index in [0.29, 0.717) is 23.2 Å². The van der Waals surface area contributed by atoms with Gasteiger partial charge in [0.15, 0.2) is 0 Å². The first-order valence-electron chi connectivity index (χ1n) is 7.81. The Morgan fingerprint density at radius 2 is 2.12 bits per heavy atom. The van der Waals surface area contributed by atoms with Gasteiger partial charge >= 0.3 is 0 Å². The van der Waals surface area contributed by atoms with Gasteiger partial charge in [0.05, 0.1) is 10.9 Å². The van der Waals surface area contributed by atoms with Crippen LogP contribution in [0.3, 0.4) is 0 Å². The van der Waals surface area contributed by atoms with Crippen molar-refractivity contribution >= 4 is 22.6 Å². The third kappa shape index (κ3) is 2.29. The number of nitrogens with zero attached hydrogens (tertiary/aromatic N) is 3. The van der Waals surface area contributed by atoms with Gasteiger partial charge in [-0.15, -0.1) is 0 Å². The number of fused-ring (bicyclic) bond motifs is 2. The lowest BCUT2D eigenvalue weighted by molar-refractivity contribution is 0.0960. The number of hydrogen-bond acceptors (Lipinski definition) is 4. The highest BCUT2D eigenvalue weighted by atomic mass is 16.1. The van der Waals surface area contributed by atoms with Crippen LogP contribution in [0.1, 0.15) is 29.3 Å². The number of nitrogens with one attached hydrogen (secondary N) is 2. The Balaban J connectivity index is 2.56. The van der Waals surface area contributed by atoms with Crippen LogP contribution in [0, 0.1) is 12.3 Å². The van der Waals surface area contributed by atoms with Gasteiger partial charge in [-0.05, 0) is 31.0 Å². The number of carbonyl (C=O) groups excluding carboxylic acids is 1. The first-order valence-corrected chi connectivity index (χ1v) is 7.81. The molecule has 3 heterocycles. The minimum absolute atomic E-state index is 0.0635. The molecule has 7 heteroatoms. The molecule has 2 N–H and O–H groups in total. The van der Waals surface area contributed by atoms with Crippen molar-refractivity contribution in [1.29, 1.82) is 5.41 Å². The van der Waals surface area contributed by atoms with E-state index in [9.17, 15) is 9.59 Å². The van der Waals surface area contributed by atoms with Crippen molar-refractivity contribution in [2.75, 3.05) is 7.05 Å². The van der Waals surface area contributed by atoms with E-state index < -0.39 is 0 Å². The fourth-order valence-electron chi connectivity index (χ4n) is 2.85. The van der Waals surface area contributed by atoms with Crippen LogP contribution in [-0.2, 0) is 6.54 Å². The maximum absolute atomic E-state index is 12.9. The fraction of sp³-hybridized carbons (Fsp3) is 0.294. The van der Waals surface area contributed by atoms with Crippen LogP contribution in [0.4, 0.5) is 0 Å². The maximum Gasteiger partial charge on any atom is 0.267 e. The molecule has 3 aromatic heterocycles. The van der Waals surface area contributed by atoms with Crippen molar-refractivity contribution in [3.05, 3.63) is 51.4 Å². The van der Waals surface area contributed by atoms with E-state index in [1.807, 2.05) is 19.9 Å². The number of aryl methyl sites for hydroxylation is 2. The standard InChI is InChI=1S/C17H19N5O2/c1-4-7-21-13(18)11(16(23)19-3)9-12-15(21)20-14-10(2)6-5-8-22(14)17(12)24/h5-6,8-9,18H,4,7H2,1-3H3,(H,19,23). The van der Waals surface area contributed by atoms with Crippen LogP contribution >= 0.6 is 0 Å². The smallest absolute Gasteiger partial charge is 0.267 e. The summed E-state index contributed by atoms with van der Waals surface area (Å²) < 4.78 is 3.11. The zero-order valence-electron chi connectivity index (χ0n) is 13.9. The van der Waals surface area contributed by atoms with E-state index in [4.69, 9.17) is 5.41 Å². The average Bonchev–Trinajstić information content (AvgIpc) is 2.58. The van der Waals surface area contributed by atoms with E-state index in [1.54, 1.807) is 16.8 Å². The summed E-state index contributed by atoms with van der Waals surface area (Å²) in [6.45, 7) is 4.37. The van der Waals surface area contributed by atoms with Gasteiger partial charge in [0.1, 0.15) is 16.8 Å². The molecule has 3 aromatic rings. The number of amides is 1. The second-order valence-corrected chi connectivity index (χ2v) is 5.68. The lowest BCUT2D eigenvalue weighted by Gasteiger charge is -2.14. The summed E-state index contributed by atoms with van der Waals surface area (Å²) in [5.41, 5.74) is 1.87. The van der Waals surface area contributed by atoms with Crippen molar-refractivity contribution in [3.63, 3.8) is 0 Å². The Labute approximate surface area is 138 Å². The van der Waals surface area contributed by atoms with Crippen molar-refractivity contribution in [2.45, 2.75) is 26.8 Å². The molecule has 0 unspecified atom stereocenters. The third-order valence-electron chi connectivity index (χ3n) is 4.05. The molecule has 0 bridgehead atoms. The molecule has 0 fully saturated rings. The minimum Gasteiger partial charge on any atom is -0.355 e. The zero-order chi connectivity index (χ0) is 17.4. The van der Waals surface area contributed by atoms with Gasteiger partial charge in [-0.1, -0.05) is 13.0 Å². The molecule has 0 atom stereocenters. The van der Waals surface area contributed by atoms with Crippen LogP contribution in [0.5, 0.6) is 0 Å². The molecular formula is C17H19N5O2. The van der Waals surface area contributed by atoms with Gasteiger partial charge in [-0.2, -0.15) is 0 Å². The highest BCUT2D eigenvalue weighted by Crippen LogP contribution is 2.13. The molecule has 0 spiro atoms. The molecule has 0 aromatic carbocycles. The Morgan fingerprint density at radius 3 is 2.79 bits per heavy atom. The summed E-state index contributed by atoms with van der Waals surface area (Å²) in [5, 5.41) is 11.2. The quantitative estimate of drug-likeness (QED) is 0.709. The topological polar surface area (TPSA) is 92.2 Å². The predicted molar refractivity (Wildman–Crippen MR) is 91.2 cm³/mol. The molecule has 0 radical (unpaired) electrons. The molecule has 0 saturated heterocycles. The van der Waals surface area contributed by atoms with Crippen molar-refractivity contribution in [3.8, 4) is 0 Å². The summed E-state index contributed by atoms with van der Waals surface area (Å²) in [6.07, 6.45) is 2.42. The first kappa shape index (κ1) is 15.9. The lowest BCUT2D eigenvalue weighted by atomic mass is 10.2. The highest BCUT2D eigenvalue weighted by Gasteiger charge is 2.16. The summed E-state index contributed by atoms with van der Waals surface area (Å²) >= 11 is 0. The van der Waals surface area contributed by atoms with Crippen molar-refractivity contribution in [1.82, 2.24) is 19.3 Å². The monoisotopic (exact) mass is 325 g/mol. The van der Waals surface area contributed by atoms with Crippen LogP contribution in [0.25, 0.3) is 16.7 Å². The van der Waals surface area contributed by atoms with Crippen LogP contribution in [0.2, 0.25) is 0 Å². The van der Waals surface area contributed by atoms with Crippen molar-refractivity contribution < 1.29 is 4.79 Å². The third-order valence-corrected chi connectivity index (χ3v) is 4.05. The highest BCUT2D eigenvalue weighted by molar-refractivity contribution is 5.96. The molecule has 0 saturated carbocycles. The average molecular weight is 325 g/mol. The molecule has 1 amide bonds. The van der Waals surface area contributed by atoms with E-state index in [-0.39, 0.29) is 22.5 Å². The molecule has 0 aliphatic carbocycles. The van der Waals surface area contributed by atoms with Crippen molar-refractivity contribution in [2.24, 2.45) is 0 Å². The lowest BCUT2D eigenvalue weighted by Crippen LogP contribution is -2.33. The fourth-order valence-corrected chi connectivity index (χ4v) is 2.85.